The van der Waals surface area contributed by atoms with Crippen LogP contribution in [0.3, 0.4) is 0 Å². The minimum atomic E-state index is -0.921. The zero-order valence-corrected chi connectivity index (χ0v) is 13.7. The van der Waals surface area contributed by atoms with Crippen molar-refractivity contribution in [3.8, 4) is 11.5 Å². The van der Waals surface area contributed by atoms with Crippen LogP contribution >= 0.6 is 0 Å². The van der Waals surface area contributed by atoms with E-state index in [1.165, 1.54) is 6.42 Å². The van der Waals surface area contributed by atoms with Crippen molar-refractivity contribution in [1.29, 1.82) is 0 Å². The Morgan fingerprint density at radius 3 is 2.54 bits per heavy atom. The summed E-state index contributed by atoms with van der Waals surface area (Å²) >= 11 is 0. The van der Waals surface area contributed by atoms with Crippen molar-refractivity contribution in [1.82, 2.24) is 10.6 Å². The van der Waals surface area contributed by atoms with Crippen molar-refractivity contribution in [2.45, 2.75) is 57.5 Å². The Labute approximate surface area is 140 Å². The van der Waals surface area contributed by atoms with Crippen LogP contribution in [0.25, 0.3) is 0 Å². The SMILES string of the molecule is CC(N)C(=O)NC1Oc2ccc(C(=O)NC3CCCCC3)cc2O1. The fourth-order valence-electron chi connectivity index (χ4n) is 2.92. The highest BCUT2D eigenvalue weighted by molar-refractivity contribution is 5.95. The fourth-order valence-corrected chi connectivity index (χ4v) is 2.92. The van der Waals surface area contributed by atoms with Crippen molar-refractivity contribution < 1.29 is 19.1 Å². The van der Waals surface area contributed by atoms with E-state index >= 15 is 0 Å². The average Bonchev–Trinajstić information content (AvgIpc) is 2.96. The van der Waals surface area contributed by atoms with Gasteiger partial charge < -0.3 is 20.5 Å². The van der Waals surface area contributed by atoms with Crippen molar-refractivity contribution in [3.63, 3.8) is 0 Å². The summed E-state index contributed by atoms with van der Waals surface area (Å²) in [7, 11) is 0. The third-order valence-electron chi connectivity index (χ3n) is 4.29. The maximum atomic E-state index is 12.4. The smallest absolute Gasteiger partial charge is 0.327 e. The number of nitrogens with one attached hydrogen (secondary N) is 2. The fraction of sp³-hybridized carbons (Fsp3) is 0.529. The molecule has 3 rings (SSSR count). The summed E-state index contributed by atoms with van der Waals surface area (Å²) in [6.45, 7) is 1.57. The van der Waals surface area contributed by atoms with Crippen LogP contribution in [0.4, 0.5) is 0 Å². The number of rotatable bonds is 4. The monoisotopic (exact) mass is 333 g/mol. The van der Waals surface area contributed by atoms with Gasteiger partial charge in [-0.25, -0.2) is 0 Å². The van der Waals surface area contributed by atoms with E-state index in [-0.39, 0.29) is 17.9 Å². The molecule has 24 heavy (non-hydrogen) atoms. The first-order valence-corrected chi connectivity index (χ1v) is 8.37. The molecule has 0 saturated heterocycles. The van der Waals surface area contributed by atoms with Crippen LogP contribution in [0.2, 0.25) is 0 Å². The number of ether oxygens (including phenoxy) is 2. The van der Waals surface area contributed by atoms with E-state index in [4.69, 9.17) is 15.2 Å². The topological polar surface area (TPSA) is 103 Å². The highest BCUT2D eigenvalue weighted by Gasteiger charge is 2.28. The van der Waals surface area contributed by atoms with Gasteiger partial charge in [-0.1, -0.05) is 19.3 Å². The van der Waals surface area contributed by atoms with Gasteiger partial charge in [0.2, 0.25) is 5.91 Å². The summed E-state index contributed by atoms with van der Waals surface area (Å²) < 4.78 is 11.0. The van der Waals surface area contributed by atoms with Gasteiger partial charge in [-0.3, -0.25) is 14.9 Å². The lowest BCUT2D eigenvalue weighted by molar-refractivity contribution is -0.128. The summed E-state index contributed by atoms with van der Waals surface area (Å²) in [6, 6.07) is 4.58. The Bertz CT molecular complexity index is 626. The zero-order chi connectivity index (χ0) is 17.1. The molecule has 2 atom stereocenters. The van der Waals surface area contributed by atoms with E-state index in [9.17, 15) is 9.59 Å². The number of amides is 2. The zero-order valence-electron chi connectivity index (χ0n) is 13.7. The van der Waals surface area contributed by atoms with Gasteiger partial charge in [0.05, 0.1) is 6.04 Å². The molecule has 7 nitrogen and oxygen atoms in total. The van der Waals surface area contributed by atoms with Crippen LogP contribution < -0.4 is 25.8 Å². The molecule has 4 N–H and O–H groups in total. The van der Waals surface area contributed by atoms with E-state index in [1.54, 1.807) is 25.1 Å². The minimum Gasteiger partial charge on any atom is -0.433 e. The number of carbonyl (C=O) groups excluding carboxylic acids is 2. The molecular weight excluding hydrogens is 310 g/mol. The first-order valence-electron chi connectivity index (χ1n) is 8.37. The molecule has 1 heterocycles. The largest absolute Gasteiger partial charge is 0.433 e. The molecule has 1 aromatic carbocycles. The summed E-state index contributed by atoms with van der Waals surface area (Å²) in [4.78, 5) is 24.0. The van der Waals surface area contributed by atoms with Crippen LogP contribution in [-0.4, -0.2) is 30.3 Å². The molecule has 1 aliphatic carbocycles. The molecular formula is C17H23N3O4. The lowest BCUT2D eigenvalue weighted by Crippen LogP contribution is -2.47. The van der Waals surface area contributed by atoms with Crippen LogP contribution in [0.15, 0.2) is 18.2 Å². The molecule has 2 unspecified atom stereocenters. The number of carbonyl (C=O) groups is 2. The number of fused-ring (bicyclic) bond motifs is 1. The van der Waals surface area contributed by atoms with Gasteiger partial charge in [0.25, 0.3) is 5.91 Å². The summed E-state index contributed by atoms with van der Waals surface area (Å²) in [5.74, 6) is 0.430. The Morgan fingerprint density at radius 2 is 1.83 bits per heavy atom. The molecule has 2 aliphatic rings. The number of hydrogen-bond donors (Lipinski definition) is 3. The van der Waals surface area contributed by atoms with E-state index < -0.39 is 12.5 Å². The molecule has 0 spiro atoms. The minimum absolute atomic E-state index is 0.114. The van der Waals surface area contributed by atoms with E-state index in [0.29, 0.717) is 17.1 Å². The number of benzene rings is 1. The predicted molar refractivity (Wildman–Crippen MR) is 87.6 cm³/mol. The predicted octanol–water partition coefficient (Wildman–Crippen LogP) is 1.27. The maximum absolute atomic E-state index is 12.4. The molecule has 130 valence electrons. The van der Waals surface area contributed by atoms with Gasteiger partial charge in [0.15, 0.2) is 11.5 Å². The molecule has 1 aromatic rings. The first-order chi connectivity index (χ1) is 11.5. The van der Waals surface area contributed by atoms with E-state index in [2.05, 4.69) is 10.6 Å². The van der Waals surface area contributed by atoms with Gasteiger partial charge in [0.1, 0.15) is 0 Å². The Hall–Kier alpha value is -2.28. The van der Waals surface area contributed by atoms with Gasteiger partial charge in [0, 0.05) is 11.6 Å². The summed E-state index contributed by atoms with van der Waals surface area (Å²) in [5.41, 5.74) is 6.01. The summed E-state index contributed by atoms with van der Waals surface area (Å²) in [6.07, 6.45) is 4.70. The van der Waals surface area contributed by atoms with Crippen molar-refractivity contribution in [2.75, 3.05) is 0 Å². The molecule has 7 heteroatoms. The quantitative estimate of drug-likeness (QED) is 0.770. The lowest BCUT2D eigenvalue weighted by atomic mass is 9.95. The highest BCUT2D eigenvalue weighted by Crippen LogP contribution is 2.34. The van der Waals surface area contributed by atoms with E-state index in [1.807, 2.05) is 0 Å². The van der Waals surface area contributed by atoms with Crippen molar-refractivity contribution >= 4 is 11.8 Å². The maximum Gasteiger partial charge on any atom is 0.327 e. The molecule has 1 aliphatic heterocycles. The highest BCUT2D eigenvalue weighted by atomic mass is 16.7. The van der Waals surface area contributed by atoms with Crippen LogP contribution in [0, 0.1) is 0 Å². The second kappa shape index (κ2) is 7.09. The van der Waals surface area contributed by atoms with Crippen LogP contribution in [0.5, 0.6) is 11.5 Å². The Balaban J connectivity index is 1.61. The second-order valence-corrected chi connectivity index (χ2v) is 6.33. The van der Waals surface area contributed by atoms with E-state index in [0.717, 1.165) is 25.7 Å². The molecule has 0 aromatic heterocycles. The van der Waals surface area contributed by atoms with Gasteiger partial charge >= 0.3 is 6.41 Å². The standard InChI is InChI=1S/C17H23N3O4/c1-10(18)15(21)20-17-23-13-8-7-11(9-14(13)24-17)16(22)19-12-5-3-2-4-6-12/h7-10,12,17H,2-6,18H2,1H3,(H,19,22)(H,20,21). The van der Waals surface area contributed by atoms with Crippen molar-refractivity contribution in [2.24, 2.45) is 5.73 Å². The molecule has 1 fully saturated rings. The molecule has 2 amide bonds. The van der Waals surface area contributed by atoms with Gasteiger partial charge in [-0.15, -0.1) is 0 Å². The molecule has 1 saturated carbocycles. The van der Waals surface area contributed by atoms with Crippen molar-refractivity contribution in [3.05, 3.63) is 23.8 Å². The Kier molecular flexibility index (Phi) is 4.89. The van der Waals surface area contributed by atoms with Gasteiger partial charge in [-0.2, -0.15) is 0 Å². The lowest BCUT2D eigenvalue weighted by Gasteiger charge is -2.22. The normalized spacial score (nSPS) is 21.2. The first kappa shape index (κ1) is 16.6. The van der Waals surface area contributed by atoms with Crippen LogP contribution in [-0.2, 0) is 4.79 Å². The van der Waals surface area contributed by atoms with Crippen LogP contribution in [0.1, 0.15) is 49.4 Å². The van der Waals surface area contributed by atoms with Gasteiger partial charge in [-0.05, 0) is 38.0 Å². The summed E-state index contributed by atoms with van der Waals surface area (Å²) in [5, 5.41) is 5.59. The third-order valence-corrected chi connectivity index (χ3v) is 4.29. The third kappa shape index (κ3) is 3.79. The average molecular weight is 333 g/mol. The number of hydrogen-bond acceptors (Lipinski definition) is 5. The second-order valence-electron chi connectivity index (χ2n) is 6.33. The Morgan fingerprint density at radius 1 is 1.12 bits per heavy atom. The molecule has 0 radical (unpaired) electrons. The number of nitrogens with two attached hydrogens (primary N) is 1. The molecule has 0 bridgehead atoms.